The highest BCUT2D eigenvalue weighted by molar-refractivity contribution is 5.92. The van der Waals surface area contributed by atoms with E-state index in [1.165, 1.54) is 6.20 Å². The number of aliphatic carboxylic acids is 1. The average molecular weight is 262 g/mol. The third-order valence-electron chi connectivity index (χ3n) is 2.80. The number of carboxylic acids is 1. The van der Waals surface area contributed by atoms with Crippen molar-refractivity contribution in [1.29, 1.82) is 0 Å². The number of hydrogen-bond acceptors (Lipinski definition) is 4. The molecule has 1 saturated carbocycles. The van der Waals surface area contributed by atoms with Gasteiger partial charge in [0.05, 0.1) is 12.7 Å². The Labute approximate surface area is 110 Å². The van der Waals surface area contributed by atoms with E-state index >= 15 is 0 Å². The van der Waals surface area contributed by atoms with Crippen molar-refractivity contribution in [2.24, 2.45) is 5.92 Å². The van der Waals surface area contributed by atoms with Crippen molar-refractivity contribution in [3.8, 4) is 12.3 Å². The molecular formula is C12H14N4O3. The van der Waals surface area contributed by atoms with Gasteiger partial charge in [-0.25, -0.2) is 4.68 Å². The lowest BCUT2D eigenvalue weighted by atomic mass is 10.3. The minimum Gasteiger partial charge on any atom is -0.480 e. The van der Waals surface area contributed by atoms with Crippen LogP contribution in [0.3, 0.4) is 0 Å². The van der Waals surface area contributed by atoms with Crippen LogP contribution in [0.2, 0.25) is 0 Å². The second kappa shape index (κ2) is 5.52. The number of rotatable bonds is 6. The molecule has 100 valence electrons. The van der Waals surface area contributed by atoms with E-state index in [4.69, 9.17) is 11.5 Å². The van der Waals surface area contributed by atoms with Gasteiger partial charge in [0.1, 0.15) is 6.54 Å². The maximum atomic E-state index is 12.2. The van der Waals surface area contributed by atoms with Crippen molar-refractivity contribution in [1.82, 2.24) is 19.9 Å². The molecule has 0 radical (unpaired) electrons. The average Bonchev–Trinajstić information content (AvgIpc) is 3.05. The van der Waals surface area contributed by atoms with Gasteiger partial charge in [-0.2, -0.15) is 0 Å². The minimum atomic E-state index is -1.04. The van der Waals surface area contributed by atoms with Crippen molar-refractivity contribution in [3.63, 3.8) is 0 Å². The predicted molar refractivity (Wildman–Crippen MR) is 65.1 cm³/mol. The molecule has 2 rings (SSSR count). The monoisotopic (exact) mass is 262 g/mol. The van der Waals surface area contributed by atoms with E-state index < -0.39 is 5.97 Å². The first-order valence-corrected chi connectivity index (χ1v) is 5.95. The van der Waals surface area contributed by atoms with E-state index in [1.807, 2.05) is 0 Å². The molecule has 0 aromatic carbocycles. The molecule has 1 aromatic rings. The highest BCUT2D eigenvalue weighted by Gasteiger charge is 2.28. The normalized spacial score (nSPS) is 13.8. The van der Waals surface area contributed by atoms with Gasteiger partial charge >= 0.3 is 5.97 Å². The van der Waals surface area contributed by atoms with Crippen molar-refractivity contribution in [2.75, 3.05) is 13.1 Å². The molecule has 1 amide bonds. The molecule has 0 unspecified atom stereocenters. The number of amides is 1. The van der Waals surface area contributed by atoms with Crippen LogP contribution >= 0.6 is 0 Å². The standard InChI is InChI=1S/C12H14N4O3/c1-2-5-15(6-9-3-4-9)12(19)10-7-16(14-13-10)8-11(17)18/h1,7,9H,3-6,8H2,(H,17,18). The quantitative estimate of drug-likeness (QED) is 0.720. The Balaban J connectivity index is 2.05. The molecule has 7 heteroatoms. The lowest BCUT2D eigenvalue weighted by Crippen LogP contribution is -2.33. The number of carboxylic acid groups (broad SMARTS) is 1. The maximum Gasteiger partial charge on any atom is 0.325 e. The summed E-state index contributed by atoms with van der Waals surface area (Å²) in [5, 5.41) is 15.9. The minimum absolute atomic E-state index is 0.122. The van der Waals surface area contributed by atoms with Gasteiger partial charge in [-0.15, -0.1) is 11.5 Å². The largest absolute Gasteiger partial charge is 0.480 e. The van der Waals surface area contributed by atoms with Crippen LogP contribution in [0.1, 0.15) is 23.3 Å². The fourth-order valence-electron chi connectivity index (χ4n) is 1.72. The number of terminal acetylenes is 1. The predicted octanol–water partition coefficient (Wildman–Crippen LogP) is -0.152. The van der Waals surface area contributed by atoms with Crippen LogP contribution < -0.4 is 0 Å². The van der Waals surface area contributed by atoms with Gasteiger partial charge in [-0.3, -0.25) is 9.59 Å². The third kappa shape index (κ3) is 3.55. The smallest absolute Gasteiger partial charge is 0.325 e. The highest BCUT2D eigenvalue weighted by atomic mass is 16.4. The first kappa shape index (κ1) is 13.1. The fourth-order valence-corrected chi connectivity index (χ4v) is 1.72. The first-order chi connectivity index (χ1) is 9.10. The van der Waals surface area contributed by atoms with Crippen LogP contribution in [0.25, 0.3) is 0 Å². The van der Waals surface area contributed by atoms with E-state index in [9.17, 15) is 9.59 Å². The summed E-state index contributed by atoms with van der Waals surface area (Å²) in [4.78, 5) is 24.2. The summed E-state index contributed by atoms with van der Waals surface area (Å²) in [6.07, 6.45) is 8.80. The SMILES string of the molecule is C#CCN(CC1CC1)C(=O)c1cn(CC(=O)O)nn1. The van der Waals surface area contributed by atoms with Crippen molar-refractivity contribution in [3.05, 3.63) is 11.9 Å². The fraction of sp³-hybridized carbons (Fsp3) is 0.500. The lowest BCUT2D eigenvalue weighted by molar-refractivity contribution is -0.137. The van der Waals surface area contributed by atoms with E-state index in [0.29, 0.717) is 12.5 Å². The Bertz CT molecular complexity index is 527. The molecule has 19 heavy (non-hydrogen) atoms. The molecule has 1 aromatic heterocycles. The summed E-state index contributed by atoms with van der Waals surface area (Å²) >= 11 is 0. The van der Waals surface area contributed by atoms with Crippen molar-refractivity contribution in [2.45, 2.75) is 19.4 Å². The van der Waals surface area contributed by atoms with Gasteiger partial charge in [0.25, 0.3) is 5.91 Å². The van der Waals surface area contributed by atoms with E-state index in [1.54, 1.807) is 4.90 Å². The summed E-state index contributed by atoms with van der Waals surface area (Å²) in [5.41, 5.74) is 0.122. The van der Waals surface area contributed by atoms with Crippen molar-refractivity contribution >= 4 is 11.9 Å². The van der Waals surface area contributed by atoms with Gasteiger partial charge < -0.3 is 10.0 Å². The summed E-state index contributed by atoms with van der Waals surface area (Å²) in [6.45, 7) is 0.522. The van der Waals surface area contributed by atoms with Gasteiger partial charge in [0.2, 0.25) is 0 Å². The van der Waals surface area contributed by atoms with Crippen LogP contribution in [-0.2, 0) is 11.3 Å². The number of hydrogen-bond donors (Lipinski definition) is 1. The van der Waals surface area contributed by atoms with Crippen LogP contribution in [0.15, 0.2) is 6.20 Å². The summed E-state index contributed by atoms with van der Waals surface area (Å²) in [6, 6.07) is 0. The van der Waals surface area contributed by atoms with E-state index in [2.05, 4.69) is 16.2 Å². The molecule has 0 aliphatic heterocycles. The molecule has 0 atom stereocenters. The Hall–Kier alpha value is -2.36. The molecule has 1 fully saturated rings. The molecule has 7 nitrogen and oxygen atoms in total. The topological polar surface area (TPSA) is 88.3 Å². The molecule has 0 spiro atoms. The van der Waals surface area contributed by atoms with Crippen LogP contribution in [0, 0.1) is 18.3 Å². The zero-order valence-electron chi connectivity index (χ0n) is 10.3. The Morgan fingerprint density at radius 1 is 1.58 bits per heavy atom. The van der Waals surface area contributed by atoms with Crippen LogP contribution in [0.5, 0.6) is 0 Å². The second-order valence-electron chi connectivity index (χ2n) is 4.53. The summed E-state index contributed by atoms with van der Waals surface area (Å²) in [5.74, 6) is 1.62. The Kier molecular flexibility index (Phi) is 3.80. The molecular weight excluding hydrogens is 248 g/mol. The zero-order chi connectivity index (χ0) is 13.8. The van der Waals surface area contributed by atoms with E-state index in [-0.39, 0.29) is 24.7 Å². The first-order valence-electron chi connectivity index (χ1n) is 5.95. The van der Waals surface area contributed by atoms with Crippen LogP contribution in [-0.4, -0.2) is 50.0 Å². The molecule has 1 aliphatic rings. The van der Waals surface area contributed by atoms with Crippen LogP contribution in [0.4, 0.5) is 0 Å². The van der Waals surface area contributed by atoms with Gasteiger partial charge in [0, 0.05) is 6.54 Å². The molecule has 1 N–H and O–H groups in total. The van der Waals surface area contributed by atoms with E-state index in [0.717, 1.165) is 17.5 Å². The number of aromatic nitrogens is 3. The summed E-state index contributed by atoms with van der Waals surface area (Å²) in [7, 11) is 0. The number of carbonyl (C=O) groups is 2. The summed E-state index contributed by atoms with van der Waals surface area (Å²) < 4.78 is 1.11. The maximum absolute atomic E-state index is 12.2. The Morgan fingerprint density at radius 3 is 2.89 bits per heavy atom. The lowest BCUT2D eigenvalue weighted by Gasteiger charge is -2.18. The zero-order valence-corrected chi connectivity index (χ0v) is 10.3. The van der Waals surface area contributed by atoms with Gasteiger partial charge in [0.15, 0.2) is 5.69 Å². The van der Waals surface area contributed by atoms with Gasteiger partial charge in [-0.1, -0.05) is 11.1 Å². The number of nitrogens with zero attached hydrogens (tertiary/aromatic N) is 4. The molecule has 0 bridgehead atoms. The second-order valence-corrected chi connectivity index (χ2v) is 4.53. The molecule has 1 heterocycles. The van der Waals surface area contributed by atoms with Crippen molar-refractivity contribution < 1.29 is 14.7 Å². The number of carbonyl (C=O) groups excluding carboxylic acids is 1. The molecule has 1 aliphatic carbocycles. The highest BCUT2D eigenvalue weighted by Crippen LogP contribution is 2.29. The molecule has 0 saturated heterocycles. The Morgan fingerprint density at radius 2 is 2.32 bits per heavy atom. The third-order valence-corrected chi connectivity index (χ3v) is 2.80. The van der Waals surface area contributed by atoms with Gasteiger partial charge in [-0.05, 0) is 18.8 Å².